The van der Waals surface area contributed by atoms with Crippen LogP contribution in [0.3, 0.4) is 0 Å². The lowest BCUT2D eigenvalue weighted by molar-refractivity contribution is -0.116. The summed E-state index contributed by atoms with van der Waals surface area (Å²) in [6, 6.07) is 9.13. The Kier molecular flexibility index (Phi) is 6.72. The van der Waals surface area contributed by atoms with Gasteiger partial charge in [0.25, 0.3) is 0 Å². The van der Waals surface area contributed by atoms with Crippen LogP contribution in [0.1, 0.15) is 12.0 Å². The van der Waals surface area contributed by atoms with Crippen molar-refractivity contribution in [1.82, 2.24) is 4.72 Å². The van der Waals surface area contributed by atoms with Crippen molar-refractivity contribution >= 4 is 53.5 Å². The van der Waals surface area contributed by atoms with Gasteiger partial charge in [0.15, 0.2) is 0 Å². The van der Waals surface area contributed by atoms with Gasteiger partial charge in [0, 0.05) is 27.6 Å². The van der Waals surface area contributed by atoms with Gasteiger partial charge in [-0.05, 0) is 58.7 Å². The molecule has 9 heteroatoms. The second-order valence-electron chi connectivity index (χ2n) is 5.23. The van der Waals surface area contributed by atoms with Gasteiger partial charge < -0.3 is 5.32 Å². The molecule has 2 N–H and O–H groups in total. The topological polar surface area (TPSA) is 75.3 Å². The summed E-state index contributed by atoms with van der Waals surface area (Å²) in [5.41, 5.74) is 0.802. The van der Waals surface area contributed by atoms with E-state index in [9.17, 15) is 17.6 Å². The maximum Gasteiger partial charge on any atom is 0.241 e. The number of aryl methyl sites for hydroxylation is 1. The minimum absolute atomic E-state index is 0.0721. The van der Waals surface area contributed by atoms with E-state index in [-0.39, 0.29) is 17.9 Å². The van der Waals surface area contributed by atoms with Crippen molar-refractivity contribution in [3.05, 3.63) is 56.7 Å². The summed E-state index contributed by atoms with van der Waals surface area (Å²) in [7, 11) is -3.76. The molecule has 0 radical (unpaired) electrons. The number of carbonyl (C=O) groups is 1. The summed E-state index contributed by atoms with van der Waals surface area (Å²) in [6.07, 6.45) is -0.0830. The molecule has 0 unspecified atom stereocenters. The predicted molar refractivity (Wildman–Crippen MR) is 101 cm³/mol. The number of rotatable bonds is 6. The minimum Gasteiger partial charge on any atom is -0.326 e. The molecule has 1 amide bonds. The average molecular weight is 494 g/mol. The third kappa shape index (κ3) is 5.60. The number of carbonyl (C=O) groups excluding carboxylic acids is 1. The largest absolute Gasteiger partial charge is 0.326 e. The Morgan fingerprint density at radius 2 is 1.88 bits per heavy atom. The fourth-order valence-electron chi connectivity index (χ4n) is 1.95. The predicted octanol–water partition coefficient (Wildman–Crippen LogP) is 3.97. The number of hydrogen-bond donors (Lipinski definition) is 2. The molecule has 25 heavy (non-hydrogen) atoms. The van der Waals surface area contributed by atoms with Crippen molar-refractivity contribution in [1.29, 1.82) is 0 Å². The van der Waals surface area contributed by atoms with Gasteiger partial charge in [-0.25, -0.2) is 17.5 Å². The van der Waals surface area contributed by atoms with Gasteiger partial charge >= 0.3 is 0 Å². The molecule has 2 rings (SSSR count). The quantitative estimate of drug-likeness (QED) is 0.639. The highest BCUT2D eigenvalue weighted by Gasteiger charge is 2.18. The molecule has 0 spiro atoms. The van der Waals surface area contributed by atoms with Gasteiger partial charge in [-0.1, -0.05) is 22.0 Å². The number of amides is 1. The zero-order valence-electron chi connectivity index (χ0n) is 13.1. The Morgan fingerprint density at radius 1 is 1.16 bits per heavy atom. The molecule has 0 bridgehead atoms. The molecule has 0 heterocycles. The molecule has 2 aromatic rings. The number of halogens is 3. The summed E-state index contributed by atoms with van der Waals surface area (Å²) >= 11 is 6.41. The number of sulfonamides is 1. The van der Waals surface area contributed by atoms with E-state index in [4.69, 9.17) is 0 Å². The van der Waals surface area contributed by atoms with E-state index in [0.29, 0.717) is 20.2 Å². The Morgan fingerprint density at radius 3 is 2.56 bits per heavy atom. The van der Waals surface area contributed by atoms with Gasteiger partial charge in [0.1, 0.15) is 5.82 Å². The lowest BCUT2D eigenvalue weighted by Crippen LogP contribution is -2.28. The summed E-state index contributed by atoms with van der Waals surface area (Å²) < 4.78 is 41.4. The van der Waals surface area contributed by atoms with Crippen LogP contribution in [-0.4, -0.2) is 20.9 Å². The third-order valence-electron chi connectivity index (χ3n) is 3.28. The molecule has 0 aliphatic heterocycles. The highest BCUT2D eigenvalue weighted by molar-refractivity contribution is 9.11. The van der Waals surface area contributed by atoms with Gasteiger partial charge in [-0.2, -0.15) is 0 Å². The molecular weight excluding hydrogens is 479 g/mol. The highest BCUT2D eigenvalue weighted by atomic mass is 79.9. The molecule has 0 fully saturated rings. The second kappa shape index (κ2) is 8.39. The van der Waals surface area contributed by atoms with Gasteiger partial charge in [-0.15, -0.1) is 0 Å². The Labute approximate surface area is 162 Å². The van der Waals surface area contributed by atoms with E-state index in [0.717, 1.165) is 0 Å². The van der Waals surface area contributed by atoms with Crippen molar-refractivity contribution in [2.24, 2.45) is 0 Å². The number of anilines is 1. The van der Waals surface area contributed by atoms with Crippen molar-refractivity contribution < 1.29 is 17.6 Å². The minimum atomic E-state index is -3.76. The SMILES string of the molecule is Cc1ccc(NC(=O)CCNS(=O)(=O)c2cc(Br)ccc2Br)cc1F. The first kappa shape index (κ1) is 20.0. The van der Waals surface area contributed by atoms with Crippen LogP contribution >= 0.6 is 31.9 Å². The maximum absolute atomic E-state index is 13.4. The molecule has 134 valence electrons. The summed E-state index contributed by atoms with van der Waals surface area (Å²) in [6.45, 7) is 1.54. The Balaban J connectivity index is 1.94. The number of benzene rings is 2. The van der Waals surface area contributed by atoms with E-state index < -0.39 is 21.7 Å². The van der Waals surface area contributed by atoms with E-state index in [1.54, 1.807) is 31.2 Å². The van der Waals surface area contributed by atoms with Crippen molar-refractivity contribution in [2.45, 2.75) is 18.2 Å². The fraction of sp³-hybridized carbons (Fsp3) is 0.188. The summed E-state index contributed by atoms with van der Waals surface area (Å²) in [5, 5.41) is 2.53. The van der Waals surface area contributed by atoms with E-state index in [2.05, 4.69) is 41.9 Å². The highest BCUT2D eigenvalue weighted by Crippen LogP contribution is 2.25. The standard InChI is InChI=1S/C16H15Br2FN2O3S/c1-10-2-4-12(9-14(10)19)21-16(22)6-7-20-25(23,24)15-8-11(17)3-5-13(15)18/h2-5,8-9,20H,6-7H2,1H3,(H,21,22). The second-order valence-corrected chi connectivity index (χ2v) is 8.74. The zero-order valence-corrected chi connectivity index (χ0v) is 17.1. The van der Waals surface area contributed by atoms with Gasteiger partial charge in [-0.3, -0.25) is 4.79 Å². The van der Waals surface area contributed by atoms with E-state index in [1.807, 2.05) is 0 Å². The molecule has 5 nitrogen and oxygen atoms in total. The first-order valence-electron chi connectivity index (χ1n) is 7.20. The summed E-state index contributed by atoms with van der Waals surface area (Å²) in [5.74, 6) is -0.836. The van der Waals surface area contributed by atoms with Crippen molar-refractivity contribution in [3.8, 4) is 0 Å². The van der Waals surface area contributed by atoms with Crippen LogP contribution in [0.4, 0.5) is 10.1 Å². The van der Waals surface area contributed by atoms with Crippen LogP contribution in [0, 0.1) is 12.7 Å². The molecule has 0 saturated carbocycles. The molecule has 0 aromatic heterocycles. The van der Waals surface area contributed by atoms with Gasteiger partial charge in [0.2, 0.25) is 15.9 Å². The molecule has 0 aliphatic rings. The fourth-order valence-corrected chi connectivity index (χ4v) is 4.49. The normalized spacial score (nSPS) is 11.4. The molecule has 0 saturated heterocycles. The number of hydrogen-bond acceptors (Lipinski definition) is 3. The first-order valence-corrected chi connectivity index (χ1v) is 10.3. The van der Waals surface area contributed by atoms with Crippen molar-refractivity contribution in [2.75, 3.05) is 11.9 Å². The van der Waals surface area contributed by atoms with Gasteiger partial charge in [0.05, 0.1) is 4.90 Å². The zero-order chi connectivity index (χ0) is 18.6. The van der Waals surface area contributed by atoms with Crippen LogP contribution < -0.4 is 10.0 Å². The lowest BCUT2D eigenvalue weighted by atomic mass is 10.2. The summed E-state index contributed by atoms with van der Waals surface area (Å²) in [4.78, 5) is 11.9. The smallest absolute Gasteiger partial charge is 0.241 e. The van der Waals surface area contributed by atoms with Crippen LogP contribution in [0.2, 0.25) is 0 Å². The Bertz CT molecular complexity index is 904. The van der Waals surface area contributed by atoms with Crippen LogP contribution in [0.5, 0.6) is 0 Å². The van der Waals surface area contributed by atoms with E-state index >= 15 is 0 Å². The first-order chi connectivity index (χ1) is 11.7. The van der Waals surface area contributed by atoms with Crippen molar-refractivity contribution in [3.63, 3.8) is 0 Å². The average Bonchev–Trinajstić information content (AvgIpc) is 2.53. The van der Waals surface area contributed by atoms with E-state index in [1.165, 1.54) is 12.1 Å². The van der Waals surface area contributed by atoms with Crippen LogP contribution in [-0.2, 0) is 14.8 Å². The molecular formula is C16H15Br2FN2O3S. The molecule has 0 atom stereocenters. The Hall–Kier alpha value is -1.29. The van der Waals surface area contributed by atoms with Crippen LogP contribution in [0.15, 0.2) is 50.2 Å². The molecule has 0 aliphatic carbocycles. The van der Waals surface area contributed by atoms with Crippen LogP contribution in [0.25, 0.3) is 0 Å². The number of nitrogens with one attached hydrogen (secondary N) is 2. The maximum atomic E-state index is 13.4. The monoisotopic (exact) mass is 492 g/mol. The third-order valence-corrected chi connectivity index (χ3v) is 6.23. The lowest BCUT2D eigenvalue weighted by Gasteiger charge is -2.10. The molecule has 2 aromatic carbocycles.